The summed E-state index contributed by atoms with van der Waals surface area (Å²) >= 11 is 0. The van der Waals surface area contributed by atoms with Crippen molar-refractivity contribution >= 4 is 34.5 Å². The molecule has 0 atom stereocenters. The van der Waals surface area contributed by atoms with E-state index in [0.29, 0.717) is 35.3 Å². The first-order valence-electron chi connectivity index (χ1n) is 10.1. The fourth-order valence-corrected chi connectivity index (χ4v) is 3.29. The quantitative estimate of drug-likeness (QED) is 0.443. The molecule has 0 fully saturated rings. The summed E-state index contributed by atoms with van der Waals surface area (Å²) in [4.78, 5) is 35.9. The molecule has 1 aromatic heterocycles. The maximum absolute atomic E-state index is 12.3. The third-order valence-corrected chi connectivity index (χ3v) is 4.64. The topological polar surface area (TPSA) is 126 Å². The number of hydrogen-bond donors (Lipinski definition) is 2. The average molecular weight is 441 g/mol. The zero-order chi connectivity index (χ0) is 23.5. The third kappa shape index (κ3) is 5.69. The lowest BCUT2D eigenvalue weighted by Crippen LogP contribution is -2.27. The number of benzene rings is 2. The molecule has 0 saturated carbocycles. The number of aromatic nitrogens is 1. The maximum Gasteiger partial charge on any atom is 0.420 e. The third-order valence-electron chi connectivity index (χ3n) is 4.64. The van der Waals surface area contributed by atoms with Gasteiger partial charge in [0, 0.05) is 11.4 Å². The van der Waals surface area contributed by atoms with Crippen LogP contribution in [-0.4, -0.2) is 29.3 Å². The van der Waals surface area contributed by atoms with Gasteiger partial charge in [-0.25, -0.2) is 9.59 Å². The number of rotatable bonds is 6. The van der Waals surface area contributed by atoms with E-state index in [0.717, 1.165) is 11.1 Å². The molecule has 9 nitrogen and oxygen atoms in total. The van der Waals surface area contributed by atoms with Gasteiger partial charge in [0.2, 0.25) is 0 Å². The van der Waals surface area contributed by atoms with Gasteiger partial charge in [-0.3, -0.25) is 14.7 Å². The summed E-state index contributed by atoms with van der Waals surface area (Å²) in [6.45, 7) is 5.13. The van der Waals surface area contributed by atoms with Crippen LogP contribution in [0.5, 0.6) is 0 Å². The molecule has 0 unspecified atom stereocenters. The Morgan fingerprint density at radius 1 is 1.16 bits per heavy atom. The van der Waals surface area contributed by atoms with Gasteiger partial charge in [0.05, 0.1) is 12.6 Å². The number of oxazole rings is 1. The molecule has 9 heteroatoms. The minimum atomic E-state index is -0.652. The molecule has 0 aliphatic carbocycles. The normalized spacial score (nSPS) is 11.4. The van der Waals surface area contributed by atoms with Crippen LogP contribution in [0, 0.1) is 0 Å². The van der Waals surface area contributed by atoms with Gasteiger partial charge >= 0.3 is 17.8 Å². The molecule has 0 aliphatic rings. The highest BCUT2D eigenvalue weighted by Crippen LogP contribution is 2.24. The zero-order valence-corrected chi connectivity index (χ0v) is 18.6. The highest BCUT2D eigenvalue weighted by Gasteiger charge is 2.18. The molecule has 1 amide bonds. The van der Waals surface area contributed by atoms with Crippen molar-refractivity contribution in [1.29, 1.82) is 0 Å². The Morgan fingerprint density at radius 3 is 2.59 bits per heavy atom. The van der Waals surface area contributed by atoms with E-state index in [1.807, 2.05) is 18.2 Å². The molecular formula is C23H27N3O6. The summed E-state index contributed by atoms with van der Waals surface area (Å²) in [6, 6.07) is 10.7. The first-order chi connectivity index (χ1) is 15.1. The van der Waals surface area contributed by atoms with E-state index < -0.39 is 23.4 Å². The minimum Gasteiger partial charge on any atom is -0.468 e. The molecule has 3 rings (SSSR count). The molecule has 1 heterocycles. The second-order valence-corrected chi connectivity index (χ2v) is 8.39. The molecule has 0 saturated heterocycles. The lowest BCUT2D eigenvalue weighted by atomic mass is 10.0. The molecule has 2 aromatic carbocycles. The molecular weight excluding hydrogens is 414 g/mol. The van der Waals surface area contributed by atoms with E-state index >= 15 is 0 Å². The van der Waals surface area contributed by atoms with Gasteiger partial charge in [0.1, 0.15) is 12.1 Å². The smallest absolute Gasteiger partial charge is 0.420 e. The van der Waals surface area contributed by atoms with Crippen LogP contribution in [0.25, 0.3) is 11.1 Å². The zero-order valence-electron chi connectivity index (χ0n) is 18.6. The second-order valence-electron chi connectivity index (χ2n) is 8.39. The lowest BCUT2D eigenvalue weighted by molar-refractivity contribution is -0.141. The maximum atomic E-state index is 12.3. The molecule has 170 valence electrons. The number of carbonyl (C=O) groups is 2. The number of nitrogen functional groups attached to an aromatic ring is 1. The van der Waals surface area contributed by atoms with Gasteiger partial charge in [0.15, 0.2) is 5.58 Å². The highest BCUT2D eigenvalue weighted by molar-refractivity contribution is 5.85. The Morgan fingerprint density at radius 2 is 1.91 bits per heavy atom. The van der Waals surface area contributed by atoms with Gasteiger partial charge in [-0.2, -0.15) is 0 Å². The number of carbonyl (C=O) groups excluding carboxylic acids is 2. The fourth-order valence-electron chi connectivity index (χ4n) is 3.29. The predicted molar refractivity (Wildman–Crippen MR) is 121 cm³/mol. The summed E-state index contributed by atoms with van der Waals surface area (Å²) < 4.78 is 16.5. The van der Waals surface area contributed by atoms with Crippen molar-refractivity contribution in [1.82, 2.24) is 4.57 Å². The number of nitrogens with two attached hydrogens (primary N) is 1. The van der Waals surface area contributed by atoms with Crippen LogP contribution in [0.4, 0.5) is 16.2 Å². The first-order valence-corrected chi connectivity index (χ1v) is 10.1. The largest absolute Gasteiger partial charge is 0.468 e. The number of esters is 1. The number of nitrogens with one attached hydrogen (secondary N) is 1. The van der Waals surface area contributed by atoms with E-state index in [-0.39, 0.29) is 6.54 Å². The number of aryl methyl sites for hydroxylation is 2. The van der Waals surface area contributed by atoms with Crippen LogP contribution < -0.4 is 16.8 Å². The second kappa shape index (κ2) is 9.17. The number of nitrogens with zero attached hydrogens (tertiary/aromatic N) is 1. The Labute approximate surface area is 185 Å². The van der Waals surface area contributed by atoms with Crippen LogP contribution in [0.3, 0.4) is 0 Å². The summed E-state index contributed by atoms with van der Waals surface area (Å²) in [5.74, 6) is -1.21. The molecule has 0 bridgehead atoms. The number of anilines is 2. The van der Waals surface area contributed by atoms with Crippen LogP contribution >= 0.6 is 0 Å². The van der Waals surface area contributed by atoms with Crippen molar-refractivity contribution < 1.29 is 23.5 Å². The Kier molecular flexibility index (Phi) is 6.57. The molecule has 3 aromatic rings. The van der Waals surface area contributed by atoms with Gasteiger partial charge in [-0.1, -0.05) is 12.1 Å². The Balaban J connectivity index is 1.79. The summed E-state index contributed by atoms with van der Waals surface area (Å²) in [7, 11) is 1.25. The van der Waals surface area contributed by atoms with E-state index in [2.05, 4.69) is 10.1 Å². The fraction of sp³-hybridized carbons (Fsp3) is 0.348. The molecule has 0 aliphatic heterocycles. The monoisotopic (exact) mass is 441 g/mol. The van der Waals surface area contributed by atoms with E-state index in [1.165, 1.54) is 11.7 Å². The van der Waals surface area contributed by atoms with E-state index in [9.17, 15) is 14.4 Å². The number of fused-ring (bicyclic) bond motifs is 1. The number of amides is 1. The Hall–Kier alpha value is -3.75. The standard InChI is InChI=1S/C23H27N3O6/c1-23(2,3)32-21(28)25-17-7-5-6-14(10-17)8-9-15-11-16(24)12-18-20(15)31-22(29)26(18)13-19(27)30-4/h5-7,10-12H,8-9,13,24H2,1-4H3,(H,25,28). The van der Waals surface area contributed by atoms with Crippen molar-refractivity contribution in [2.24, 2.45) is 0 Å². The van der Waals surface area contributed by atoms with E-state index in [4.69, 9.17) is 14.9 Å². The number of hydrogen-bond acceptors (Lipinski definition) is 7. The average Bonchev–Trinajstić information content (AvgIpc) is 3.00. The number of methoxy groups -OCH3 is 1. The molecule has 0 spiro atoms. The summed E-state index contributed by atoms with van der Waals surface area (Å²) in [5.41, 5.74) is 9.04. The minimum absolute atomic E-state index is 0.260. The van der Waals surface area contributed by atoms with Crippen LogP contribution in [-0.2, 0) is 33.7 Å². The molecule has 3 N–H and O–H groups in total. The van der Waals surface area contributed by atoms with Gasteiger partial charge in [-0.05, 0) is 69.0 Å². The van der Waals surface area contributed by atoms with Crippen LogP contribution in [0.1, 0.15) is 31.9 Å². The summed E-state index contributed by atoms with van der Waals surface area (Å²) in [6.07, 6.45) is 0.609. The first kappa shape index (κ1) is 22.9. The highest BCUT2D eigenvalue weighted by atomic mass is 16.6. The molecule has 32 heavy (non-hydrogen) atoms. The van der Waals surface area contributed by atoms with Gasteiger partial charge in [0.25, 0.3) is 0 Å². The van der Waals surface area contributed by atoms with Crippen molar-refractivity contribution in [2.75, 3.05) is 18.2 Å². The van der Waals surface area contributed by atoms with Gasteiger partial charge in [-0.15, -0.1) is 0 Å². The molecule has 0 radical (unpaired) electrons. The van der Waals surface area contributed by atoms with Crippen molar-refractivity contribution in [3.05, 3.63) is 58.1 Å². The van der Waals surface area contributed by atoms with Gasteiger partial charge < -0.3 is 19.6 Å². The Bertz CT molecular complexity index is 1200. The van der Waals surface area contributed by atoms with E-state index in [1.54, 1.807) is 39.0 Å². The summed E-state index contributed by atoms with van der Waals surface area (Å²) in [5, 5.41) is 2.72. The van der Waals surface area contributed by atoms with Crippen molar-refractivity contribution in [3.8, 4) is 0 Å². The number of ether oxygens (including phenoxy) is 2. The van der Waals surface area contributed by atoms with Crippen LogP contribution in [0.2, 0.25) is 0 Å². The van der Waals surface area contributed by atoms with Crippen molar-refractivity contribution in [2.45, 2.75) is 45.8 Å². The SMILES string of the molecule is COC(=O)Cn1c(=O)oc2c(CCc3cccc(NC(=O)OC(C)(C)C)c3)cc(N)cc21. The predicted octanol–water partition coefficient (Wildman–Crippen LogP) is 3.48. The van der Waals surface area contributed by atoms with Crippen LogP contribution in [0.15, 0.2) is 45.6 Å². The lowest BCUT2D eigenvalue weighted by Gasteiger charge is -2.19. The van der Waals surface area contributed by atoms with Crippen molar-refractivity contribution in [3.63, 3.8) is 0 Å².